The minimum Gasteiger partial charge on any atom is -0.481 e. The van der Waals surface area contributed by atoms with Crippen molar-refractivity contribution in [2.24, 2.45) is 13.0 Å². The minimum atomic E-state index is -0.671. The number of rotatable bonds is 2. The molecular formula is C12H18N2O2. The predicted octanol–water partition coefficient (Wildman–Crippen LogP) is 2.17. The van der Waals surface area contributed by atoms with Gasteiger partial charge in [0.15, 0.2) is 0 Å². The molecule has 4 heteroatoms. The first-order valence-electron chi connectivity index (χ1n) is 5.90. The van der Waals surface area contributed by atoms with Gasteiger partial charge in [-0.2, -0.15) is 0 Å². The summed E-state index contributed by atoms with van der Waals surface area (Å²) in [7, 11) is 1.94. The van der Waals surface area contributed by atoms with Crippen LogP contribution in [0.3, 0.4) is 0 Å². The lowest BCUT2D eigenvalue weighted by Gasteiger charge is -2.20. The lowest BCUT2D eigenvalue weighted by atomic mass is 9.87. The van der Waals surface area contributed by atoms with Gasteiger partial charge in [0.05, 0.1) is 5.92 Å². The summed E-state index contributed by atoms with van der Waals surface area (Å²) in [5, 5.41) is 9.29. The first-order valence-corrected chi connectivity index (χ1v) is 5.90. The highest BCUT2D eigenvalue weighted by molar-refractivity contribution is 5.71. The fourth-order valence-electron chi connectivity index (χ4n) is 2.65. The van der Waals surface area contributed by atoms with Crippen LogP contribution in [0.2, 0.25) is 0 Å². The fraction of sp³-hybridized carbons (Fsp3) is 0.667. The molecule has 1 saturated carbocycles. The molecule has 1 aliphatic carbocycles. The Morgan fingerprint density at radius 3 is 2.81 bits per heavy atom. The molecule has 2 unspecified atom stereocenters. The molecule has 0 aliphatic heterocycles. The quantitative estimate of drug-likeness (QED) is 0.780. The highest BCUT2D eigenvalue weighted by Gasteiger charge is 2.32. The van der Waals surface area contributed by atoms with E-state index >= 15 is 0 Å². The summed E-state index contributed by atoms with van der Waals surface area (Å²) in [4.78, 5) is 15.6. The van der Waals surface area contributed by atoms with Crippen molar-refractivity contribution >= 4 is 5.97 Å². The lowest BCUT2D eigenvalue weighted by molar-refractivity contribution is -0.142. The van der Waals surface area contributed by atoms with Crippen LogP contribution in [0.25, 0.3) is 0 Å². The number of hydrogen-bond donors (Lipinski definition) is 1. The van der Waals surface area contributed by atoms with Crippen molar-refractivity contribution in [2.75, 3.05) is 0 Å². The van der Waals surface area contributed by atoms with E-state index in [4.69, 9.17) is 0 Å². The van der Waals surface area contributed by atoms with Crippen molar-refractivity contribution in [3.63, 3.8) is 0 Å². The standard InChI is InChI=1S/C12H18N2O2/c1-14-8-7-13-11(14)9-5-3-2-4-6-10(9)12(15)16/h7-10H,2-6H2,1H3,(H,15,16). The smallest absolute Gasteiger partial charge is 0.307 e. The zero-order valence-electron chi connectivity index (χ0n) is 9.59. The molecule has 0 amide bonds. The summed E-state index contributed by atoms with van der Waals surface area (Å²) in [6.45, 7) is 0. The van der Waals surface area contributed by atoms with Crippen molar-refractivity contribution in [2.45, 2.75) is 38.0 Å². The zero-order valence-corrected chi connectivity index (χ0v) is 9.59. The molecule has 16 heavy (non-hydrogen) atoms. The van der Waals surface area contributed by atoms with E-state index < -0.39 is 5.97 Å². The Hall–Kier alpha value is -1.32. The van der Waals surface area contributed by atoms with Crippen LogP contribution >= 0.6 is 0 Å². The number of carboxylic acids is 1. The van der Waals surface area contributed by atoms with Crippen LogP contribution in [0.1, 0.15) is 43.8 Å². The van der Waals surface area contributed by atoms with E-state index in [9.17, 15) is 9.90 Å². The van der Waals surface area contributed by atoms with E-state index in [2.05, 4.69) is 4.98 Å². The van der Waals surface area contributed by atoms with Gasteiger partial charge in [0.2, 0.25) is 0 Å². The first-order chi connectivity index (χ1) is 7.70. The number of nitrogens with zero attached hydrogens (tertiary/aromatic N) is 2. The number of aromatic nitrogens is 2. The van der Waals surface area contributed by atoms with Gasteiger partial charge in [-0.3, -0.25) is 4.79 Å². The second-order valence-electron chi connectivity index (χ2n) is 4.59. The van der Waals surface area contributed by atoms with Crippen molar-refractivity contribution in [3.8, 4) is 0 Å². The molecule has 1 aliphatic rings. The maximum Gasteiger partial charge on any atom is 0.307 e. The van der Waals surface area contributed by atoms with Crippen molar-refractivity contribution in [1.29, 1.82) is 0 Å². The molecule has 0 saturated heterocycles. The highest BCUT2D eigenvalue weighted by atomic mass is 16.4. The van der Waals surface area contributed by atoms with E-state index in [1.54, 1.807) is 6.20 Å². The number of aliphatic carboxylic acids is 1. The van der Waals surface area contributed by atoms with Crippen LogP contribution in [0, 0.1) is 5.92 Å². The molecule has 88 valence electrons. The molecule has 2 rings (SSSR count). The van der Waals surface area contributed by atoms with Gasteiger partial charge in [-0.15, -0.1) is 0 Å². The fourth-order valence-corrected chi connectivity index (χ4v) is 2.65. The van der Waals surface area contributed by atoms with Gasteiger partial charge >= 0.3 is 5.97 Å². The average molecular weight is 222 g/mol. The SMILES string of the molecule is Cn1ccnc1C1CCCCCC1C(=O)O. The van der Waals surface area contributed by atoms with E-state index in [0.717, 1.165) is 37.9 Å². The van der Waals surface area contributed by atoms with Crippen LogP contribution in [-0.4, -0.2) is 20.6 Å². The van der Waals surface area contributed by atoms with Crippen LogP contribution in [0.5, 0.6) is 0 Å². The minimum absolute atomic E-state index is 0.0833. The van der Waals surface area contributed by atoms with Crippen LogP contribution in [0.15, 0.2) is 12.4 Å². The summed E-state index contributed by atoms with van der Waals surface area (Å²) in [6, 6.07) is 0. The predicted molar refractivity (Wildman–Crippen MR) is 60.2 cm³/mol. The Morgan fingerprint density at radius 1 is 1.44 bits per heavy atom. The number of aryl methyl sites for hydroxylation is 1. The molecule has 4 nitrogen and oxygen atoms in total. The number of hydrogen-bond acceptors (Lipinski definition) is 2. The summed E-state index contributed by atoms with van der Waals surface area (Å²) in [6.07, 6.45) is 8.65. The van der Waals surface area contributed by atoms with E-state index in [0.29, 0.717) is 0 Å². The zero-order chi connectivity index (χ0) is 11.5. The number of carbonyl (C=O) groups is 1. The topological polar surface area (TPSA) is 55.1 Å². The summed E-state index contributed by atoms with van der Waals surface area (Å²) in [5.41, 5.74) is 0. The van der Waals surface area contributed by atoms with E-state index in [1.165, 1.54) is 0 Å². The third-order valence-corrected chi connectivity index (χ3v) is 3.52. The van der Waals surface area contributed by atoms with Crippen molar-refractivity contribution in [3.05, 3.63) is 18.2 Å². The second-order valence-corrected chi connectivity index (χ2v) is 4.59. The molecule has 0 spiro atoms. The van der Waals surface area contributed by atoms with Gasteiger partial charge in [-0.25, -0.2) is 4.98 Å². The Balaban J connectivity index is 2.27. The molecular weight excluding hydrogens is 204 g/mol. The maximum absolute atomic E-state index is 11.3. The Labute approximate surface area is 95.3 Å². The Kier molecular flexibility index (Phi) is 3.27. The molecule has 0 radical (unpaired) electrons. The third kappa shape index (κ3) is 2.10. The van der Waals surface area contributed by atoms with Gasteiger partial charge in [0, 0.05) is 25.4 Å². The maximum atomic E-state index is 11.3. The van der Waals surface area contributed by atoms with Crippen LogP contribution < -0.4 is 0 Å². The largest absolute Gasteiger partial charge is 0.481 e. The van der Waals surface area contributed by atoms with Crippen molar-refractivity contribution in [1.82, 2.24) is 9.55 Å². The summed E-state index contributed by atoms with van der Waals surface area (Å²) in [5.74, 6) is 0.0767. The molecule has 1 aromatic heterocycles. The summed E-state index contributed by atoms with van der Waals surface area (Å²) < 4.78 is 1.95. The van der Waals surface area contributed by atoms with Gasteiger partial charge in [0.25, 0.3) is 0 Å². The number of carboxylic acid groups (broad SMARTS) is 1. The van der Waals surface area contributed by atoms with Crippen LogP contribution in [0.4, 0.5) is 0 Å². The normalized spacial score (nSPS) is 26.3. The van der Waals surface area contributed by atoms with E-state index in [-0.39, 0.29) is 11.8 Å². The molecule has 1 N–H and O–H groups in total. The molecule has 0 aromatic carbocycles. The van der Waals surface area contributed by atoms with E-state index in [1.807, 2.05) is 17.8 Å². The molecule has 1 fully saturated rings. The monoisotopic (exact) mass is 222 g/mol. The average Bonchev–Trinajstić information content (AvgIpc) is 2.54. The molecule has 1 heterocycles. The first kappa shape index (κ1) is 11.2. The Bertz CT molecular complexity index is 373. The Morgan fingerprint density at radius 2 is 2.19 bits per heavy atom. The van der Waals surface area contributed by atoms with Crippen molar-refractivity contribution < 1.29 is 9.90 Å². The third-order valence-electron chi connectivity index (χ3n) is 3.52. The van der Waals surface area contributed by atoms with Gasteiger partial charge in [0.1, 0.15) is 5.82 Å². The molecule has 0 bridgehead atoms. The van der Waals surface area contributed by atoms with Gasteiger partial charge < -0.3 is 9.67 Å². The molecule has 1 aromatic rings. The van der Waals surface area contributed by atoms with Gasteiger partial charge in [-0.1, -0.05) is 19.3 Å². The van der Waals surface area contributed by atoms with Crippen LogP contribution in [-0.2, 0) is 11.8 Å². The summed E-state index contributed by atoms with van der Waals surface area (Å²) >= 11 is 0. The van der Waals surface area contributed by atoms with Gasteiger partial charge in [-0.05, 0) is 12.8 Å². The highest BCUT2D eigenvalue weighted by Crippen LogP contribution is 2.35. The lowest BCUT2D eigenvalue weighted by Crippen LogP contribution is -2.23. The molecule has 2 atom stereocenters. The second kappa shape index (κ2) is 4.68. The number of imidazole rings is 1.